The number of nitrogens with zero attached hydrogens (tertiary/aromatic N) is 4. The van der Waals surface area contributed by atoms with Gasteiger partial charge in [-0.2, -0.15) is 10.2 Å². The molecule has 1 aliphatic heterocycles. The van der Waals surface area contributed by atoms with E-state index in [1.54, 1.807) is 24.2 Å². The van der Waals surface area contributed by atoms with Gasteiger partial charge in [-0.1, -0.05) is 11.8 Å². The highest BCUT2D eigenvalue weighted by Gasteiger charge is 2.32. The first-order valence-electron chi connectivity index (χ1n) is 8.10. The van der Waals surface area contributed by atoms with Crippen LogP contribution in [0.15, 0.2) is 45.3 Å². The van der Waals surface area contributed by atoms with Crippen LogP contribution in [0.2, 0.25) is 0 Å². The molecule has 11 heteroatoms. The van der Waals surface area contributed by atoms with Gasteiger partial charge in [0.05, 0.1) is 37.0 Å². The van der Waals surface area contributed by atoms with Crippen LogP contribution < -0.4 is 10.1 Å². The van der Waals surface area contributed by atoms with Gasteiger partial charge in [-0.15, -0.1) is 5.10 Å². The predicted molar refractivity (Wildman–Crippen MR) is 109 cm³/mol. The lowest BCUT2D eigenvalue weighted by atomic mass is 10.1. The van der Waals surface area contributed by atoms with Gasteiger partial charge >= 0.3 is 5.97 Å². The number of nitrogens with one attached hydrogen (secondary N) is 1. The molecule has 1 aliphatic rings. The molecule has 1 fully saturated rings. The molecule has 0 spiro atoms. The fourth-order valence-electron chi connectivity index (χ4n) is 2.49. The van der Waals surface area contributed by atoms with E-state index in [0.717, 1.165) is 33.1 Å². The largest absolute Gasteiger partial charge is 0.496 e. The summed E-state index contributed by atoms with van der Waals surface area (Å²) in [6, 6.07) is 5.57. The van der Waals surface area contributed by atoms with Gasteiger partial charge in [-0.25, -0.2) is 0 Å². The molecular weight excluding hydrogens is 450 g/mol. The summed E-state index contributed by atoms with van der Waals surface area (Å²) in [6.45, 7) is 0.522. The predicted octanol–water partition coefficient (Wildman–Crippen LogP) is 2.10. The van der Waals surface area contributed by atoms with Crippen LogP contribution in [0.1, 0.15) is 17.5 Å². The Morgan fingerprint density at radius 3 is 3.04 bits per heavy atom. The van der Waals surface area contributed by atoms with Gasteiger partial charge in [-0.3, -0.25) is 14.3 Å². The van der Waals surface area contributed by atoms with Crippen molar-refractivity contribution in [2.24, 2.45) is 10.2 Å². The van der Waals surface area contributed by atoms with E-state index in [1.165, 1.54) is 0 Å². The van der Waals surface area contributed by atoms with E-state index in [-0.39, 0.29) is 17.5 Å². The van der Waals surface area contributed by atoms with E-state index in [0.29, 0.717) is 6.54 Å². The number of hydrogen-bond donors (Lipinski definition) is 2. The van der Waals surface area contributed by atoms with Crippen LogP contribution in [0, 0.1) is 0 Å². The van der Waals surface area contributed by atoms with Crippen LogP contribution in [0.4, 0.5) is 0 Å². The molecule has 0 bridgehead atoms. The molecule has 1 aromatic heterocycles. The maximum Gasteiger partial charge on any atom is 0.305 e. The number of thioether (sulfide) groups is 1. The monoisotopic (exact) mass is 465 g/mol. The van der Waals surface area contributed by atoms with Crippen molar-refractivity contribution in [1.29, 1.82) is 0 Å². The molecule has 2 N–H and O–H groups in total. The SMILES string of the molecule is COc1ccc(C=NN=C2NC(=O)C(CC(=O)O)S2)cc1Cn1cc(Br)cn1. The third-order valence-electron chi connectivity index (χ3n) is 3.73. The van der Waals surface area contributed by atoms with E-state index < -0.39 is 11.2 Å². The van der Waals surface area contributed by atoms with Gasteiger partial charge in [0.15, 0.2) is 5.17 Å². The molecule has 1 atom stereocenters. The number of ether oxygens (including phenoxy) is 1. The average Bonchev–Trinajstić information content (AvgIpc) is 3.20. The molecule has 1 saturated heterocycles. The van der Waals surface area contributed by atoms with Crippen LogP contribution >= 0.6 is 27.7 Å². The Hall–Kier alpha value is -2.66. The molecule has 2 aromatic rings. The van der Waals surface area contributed by atoms with E-state index in [2.05, 4.69) is 36.5 Å². The molecule has 0 saturated carbocycles. The van der Waals surface area contributed by atoms with Gasteiger partial charge in [0.25, 0.3) is 0 Å². The summed E-state index contributed by atoms with van der Waals surface area (Å²) < 4.78 is 8.06. The van der Waals surface area contributed by atoms with Crippen molar-refractivity contribution >= 4 is 51.0 Å². The van der Waals surface area contributed by atoms with Gasteiger partial charge in [0.1, 0.15) is 11.0 Å². The summed E-state index contributed by atoms with van der Waals surface area (Å²) in [6.07, 6.45) is 4.86. The summed E-state index contributed by atoms with van der Waals surface area (Å²) >= 11 is 4.42. The summed E-state index contributed by atoms with van der Waals surface area (Å²) in [5.74, 6) is -0.684. The minimum absolute atomic E-state index is 0.259. The number of amidine groups is 1. The van der Waals surface area contributed by atoms with E-state index in [9.17, 15) is 9.59 Å². The van der Waals surface area contributed by atoms with Crippen molar-refractivity contribution in [3.63, 3.8) is 0 Å². The standard InChI is InChI=1S/C17H16BrN5O4S/c1-27-13-3-2-10(4-11(13)8-23-9-12(18)7-20-23)6-19-22-17-21-16(26)14(28-17)5-15(24)25/h2-4,6-7,9,14H,5,8H2,1H3,(H,24,25)(H,21,22,26). The number of amides is 1. The molecule has 1 aromatic carbocycles. The number of carbonyl (C=O) groups excluding carboxylic acids is 1. The summed E-state index contributed by atoms with van der Waals surface area (Å²) in [5, 5.41) is 23.1. The van der Waals surface area contributed by atoms with Gasteiger partial charge in [0, 0.05) is 11.8 Å². The summed E-state index contributed by atoms with van der Waals surface area (Å²) in [7, 11) is 1.60. The van der Waals surface area contributed by atoms with Crippen molar-refractivity contribution < 1.29 is 19.4 Å². The second kappa shape index (κ2) is 9.02. The van der Waals surface area contributed by atoms with Crippen molar-refractivity contribution in [3.05, 3.63) is 46.2 Å². The van der Waals surface area contributed by atoms with Crippen LogP contribution in [-0.2, 0) is 16.1 Å². The average molecular weight is 466 g/mol. The fourth-order valence-corrected chi connectivity index (χ4v) is 3.74. The topological polar surface area (TPSA) is 118 Å². The third-order valence-corrected chi connectivity index (χ3v) is 5.21. The highest BCUT2D eigenvalue weighted by Crippen LogP contribution is 2.23. The molecule has 1 amide bonds. The first-order chi connectivity index (χ1) is 13.4. The first kappa shape index (κ1) is 20.1. The van der Waals surface area contributed by atoms with Crippen LogP contribution in [-0.4, -0.2) is 50.5 Å². The fraction of sp³-hybridized carbons (Fsp3) is 0.235. The van der Waals surface area contributed by atoms with Crippen molar-refractivity contribution in [1.82, 2.24) is 15.1 Å². The Labute approximate surface area is 173 Å². The molecular formula is C17H16BrN5O4S. The number of benzene rings is 1. The molecule has 0 radical (unpaired) electrons. The summed E-state index contributed by atoms with van der Waals surface area (Å²) in [4.78, 5) is 22.4. The first-order valence-corrected chi connectivity index (χ1v) is 9.77. The number of aromatic nitrogens is 2. The van der Waals surface area contributed by atoms with E-state index in [1.807, 2.05) is 24.4 Å². The van der Waals surface area contributed by atoms with Crippen LogP contribution in [0.5, 0.6) is 5.75 Å². The second-order valence-electron chi connectivity index (χ2n) is 5.77. The summed E-state index contributed by atoms with van der Waals surface area (Å²) in [5.41, 5.74) is 1.71. The molecule has 3 rings (SSSR count). The number of carbonyl (C=O) groups is 2. The molecule has 1 unspecified atom stereocenters. The molecule has 2 heterocycles. The molecule has 146 valence electrons. The zero-order chi connectivity index (χ0) is 20.1. The highest BCUT2D eigenvalue weighted by atomic mass is 79.9. The quantitative estimate of drug-likeness (QED) is 0.477. The molecule has 0 aliphatic carbocycles. The van der Waals surface area contributed by atoms with Crippen molar-refractivity contribution in [3.8, 4) is 5.75 Å². The number of carboxylic acid groups (broad SMARTS) is 1. The zero-order valence-electron chi connectivity index (χ0n) is 14.7. The van der Waals surface area contributed by atoms with Gasteiger partial charge in [-0.05, 0) is 39.7 Å². The highest BCUT2D eigenvalue weighted by molar-refractivity contribution is 9.10. The van der Waals surface area contributed by atoms with Gasteiger partial charge < -0.3 is 15.2 Å². The number of rotatable bonds is 7. The zero-order valence-corrected chi connectivity index (χ0v) is 17.1. The Bertz CT molecular complexity index is 959. The Morgan fingerprint density at radius 1 is 1.54 bits per heavy atom. The van der Waals surface area contributed by atoms with Crippen LogP contribution in [0.25, 0.3) is 0 Å². The van der Waals surface area contributed by atoms with Crippen LogP contribution in [0.3, 0.4) is 0 Å². The Kier molecular flexibility index (Phi) is 6.47. The lowest BCUT2D eigenvalue weighted by Gasteiger charge is -2.09. The smallest absolute Gasteiger partial charge is 0.305 e. The van der Waals surface area contributed by atoms with Gasteiger partial charge in [0.2, 0.25) is 5.91 Å². The second-order valence-corrected chi connectivity index (χ2v) is 7.88. The molecule has 28 heavy (non-hydrogen) atoms. The number of halogens is 1. The van der Waals surface area contributed by atoms with E-state index in [4.69, 9.17) is 9.84 Å². The minimum atomic E-state index is -1.03. The lowest BCUT2D eigenvalue weighted by molar-refractivity contribution is -0.138. The van der Waals surface area contributed by atoms with Crippen molar-refractivity contribution in [2.75, 3.05) is 7.11 Å². The maximum absolute atomic E-state index is 11.7. The third kappa shape index (κ3) is 5.20. The maximum atomic E-state index is 11.7. The lowest BCUT2D eigenvalue weighted by Crippen LogP contribution is -2.26. The number of carboxylic acids is 1. The Morgan fingerprint density at radius 2 is 2.36 bits per heavy atom. The Balaban J connectivity index is 1.71. The number of aliphatic carboxylic acids is 1. The molecule has 9 nitrogen and oxygen atoms in total. The normalized spacial score (nSPS) is 18.0. The number of hydrogen-bond acceptors (Lipinski definition) is 7. The minimum Gasteiger partial charge on any atom is -0.496 e. The number of methoxy groups -OCH3 is 1. The van der Waals surface area contributed by atoms with Crippen molar-refractivity contribution in [2.45, 2.75) is 18.2 Å². The van der Waals surface area contributed by atoms with E-state index >= 15 is 0 Å².